The molecule has 0 heterocycles. The maximum atomic E-state index is 13.2. The lowest BCUT2D eigenvalue weighted by molar-refractivity contribution is 0.0601. The van der Waals surface area contributed by atoms with E-state index in [0.717, 1.165) is 5.56 Å². The molecule has 0 fully saturated rings. The molecule has 2 aromatic carbocycles. The fraction of sp³-hybridized carbons (Fsp3) is 0.381. The van der Waals surface area contributed by atoms with E-state index in [0.29, 0.717) is 5.56 Å². The monoisotopic (exact) mass is 421 g/mol. The van der Waals surface area contributed by atoms with Gasteiger partial charge in [0, 0.05) is 12.1 Å². The van der Waals surface area contributed by atoms with Gasteiger partial charge in [-0.05, 0) is 29.5 Å². The molecule has 0 saturated heterocycles. The van der Waals surface area contributed by atoms with E-state index in [4.69, 9.17) is 14.2 Å². The molecule has 0 bridgehead atoms. The van der Waals surface area contributed by atoms with E-state index < -0.39 is 16.0 Å². The van der Waals surface area contributed by atoms with Gasteiger partial charge in [0.2, 0.25) is 0 Å². The van der Waals surface area contributed by atoms with E-state index in [2.05, 4.69) is 4.72 Å². The number of nitrogens with one attached hydrogen (secondary N) is 1. The van der Waals surface area contributed by atoms with Crippen LogP contribution in [0.3, 0.4) is 0 Å². The number of benzene rings is 2. The number of rotatable bonds is 6. The van der Waals surface area contributed by atoms with Crippen molar-refractivity contribution >= 4 is 21.7 Å². The highest BCUT2D eigenvalue weighted by molar-refractivity contribution is 7.92. The zero-order valence-electron chi connectivity index (χ0n) is 17.7. The third kappa shape index (κ3) is 4.82. The summed E-state index contributed by atoms with van der Waals surface area (Å²) in [5.74, 6) is -0.149. The summed E-state index contributed by atoms with van der Waals surface area (Å²) in [4.78, 5) is 12.4. The van der Waals surface area contributed by atoms with E-state index >= 15 is 0 Å². The highest BCUT2D eigenvalue weighted by Crippen LogP contribution is 2.35. The number of carbonyl (C=O) groups is 1. The molecule has 0 aromatic heterocycles. The number of hydrogen-bond acceptors (Lipinski definition) is 6. The maximum absolute atomic E-state index is 13.2. The minimum atomic E-state index is -3.99. The highest BCUT2D eigenvalue weighted by atomic mass is 32.2. The van der Waals surface area contributed by atoms with Gasteiger partial charge in [0.15, 0.2) is 11.5 Å². The number of hydrogen-bond donors (Lipinski definition) is 1. The second-order valence-corrected chi connectivity index (χ2v) is 9.23. The molecule has 8 heteroatoms. The Balaban J connectivity index is 2.62. The standard InChI is InChI=1S/C21H27NO6S/c1-13-8-9-14(21(2,3)4)10-19(13)29(24,25)22-16-12-18(27-6)17(26-5)11-15(16)20(23)28-7/h8-12,22H,1-7H3. The molecule has 158 valence electrons. The van der Waals surface area contributed by atoms with Gasteiger partial charge in [-0.2, -0.15) is 0 Å². The van der Waals surface area contributed by atoms with Crippen LogP contribution in [-0.4, -0.2) is 35.7 Å². The van der Waals surface area contributed by atoms with Crippen LogP contribution in [-0.2, 0) is 20.2 Å². The Kier molecular flexibility index (Phi) is 6.47. The lowest BCUT2D eigenvalue weighted by atomic mass is 9.87. The van der Waals surface area contributed by atoms with Crippen LogP contribution in [0.1, 0.15) is 42.3 Å². The zero-order valence-corrected chi connectivity index (χ0v) is 18.6. The number of aryl methyl sites for hydroxylation is 1. The molecule has 7 nitrogen and oxygen atoms in total. The van der Waals surface area contributed by atoms with E-state index in [1.807, 2.05) is 26.8 Å². The van der Waals surface area contributed by atoms with Crippen LogP contribution in [0.2, 0.25) is 0 Å². The zero-order chi connectivity index (χ0) is 22.0. The minimum Gasteiger partial charge on any atom is -0.493 e. The average molecular weight is 422 g/mol. The smallest absolute Gasteiger partial charge is 0.340 e. The van der Waals surface area contributed by atoms with E-state index in [1.54, 1.807) is 19.1 Å². The van der Waals surface area contributed by atoms with Crippen molar-refractivity contribution in [2.45, 2.75) is 38.0 Å². The molecule has 0 aliphatic carbocycles. The first kappa shape index (κ1) is 22.5. The molecule has 2 aromatic rings. The molecule has 1 N–H and O–H groups in total. The van der Waals surface area contributed by atoms with Gasteiger partial charge in [-0.1, -0.05) is 32.9 Å². The largest absolute Gasteiger partial charge is 0.493 e. The minimum absolute atomic E-state index is 0.0124. The molecule has 2 rings (SSSR count). The van der Waals surface area contributed by atoms with Crippen molar-refractivity contribution in [2.75, 3.05) is 26.1 Å². The Morgan fingerprint density at radius 3 is 2.07 bits per heavy atom. The van der Waals surface area contributed by atoms with Crippen molar-refractivity contribution < 1.29 is 27.4 Å². The molecule has 0 aliphatic heterocycles. The molecule has 0 saturated carbocycles. The number of carbonyl (C=O) groups excluding carboxylic acids is 1. The molecular weight excluding hydrogens is 394 g/mol. The van der Waals surface area contributed by atoms with Crippen molar-refractivity contribution in [1.82, 2.24) is 0 Å². The third-order valence-corrected chi connectivity index (χ3v) is 6.02. The predicted octanol–water partition coefficient (Wildman–Crippen LogP) is 3.90. The summed E-state index contributed by atoms with van der Waals surface area (Å²) in [6.45, 7) is 7.73. The highest BCUT2D eigenvalue weighted by Gasteiger charge is 2.25. The quantitative estimate of drug-likeness (QED) is 0.712. The Morgan fingerprint density at radius 1 is 0.966 bits per heavy atom. The van der Waals surface area contributed by atoms with Crippen molar-refractivity contribution in [2.24, 2.45) is 0 Å². The van der Waals surface area contributed by atoms with Crippen LogP contribution in [0.4, 0.5) is 5.69 Å². The van der Waals surface area contributed by atoms with Crippen LogP contribution in [0.5, 0.6) is 11.5 Å². The van der Waals surface area contributed by atoms with Crippen molar-refractivity contribution in [3.05, 3.63) is 47.0 Å². The fourth-order valence-electron chi connectivity index (χ4n) is 2.80. The topological polar surface area (TPSA) is 90.9 Å². The first-order chi connectivity index (χ1) is 13.4. The van der Waals surface area contributed by atoms with Gasteiger partial charge in [-0.15, -0.1) is 0 Å². The normalized spacial score (nSPS) is 11.7. The second-order valence-electron chi connectivity index (χ2n) is 7.58. The number of esters is 1. The number of anilines is 1. The van der Waals surface area contributed by atoms with Gasteiger partial charge >= 0.3 is 5.97 Å². The molecular formula is C21H27NO6S. The van der Waals surface area contributed by atoms with E-state index in [9.17, 15) is 13.2 Å². The molecule has 0 amide bonds. The lowest BCUT2D eigenvalue weighted by Gasteiger charge is -2.21. The first-order valence-corrected chi connectivity index (χ1v) is 10.4. The average Bonchev–Trinajstić information content (AvgIpc) is 2.65. The van der Waals surface area contributed by atoms with E-state index in [1.165, 1.54) is 33.5 Å². The summed E-state index contributed by atoms with van der Waals surface area (Å²) in [5, 5.41) is 0. The number of sulfonamides is 1. The van der Waals surface area contributed by atoms with Crippen LogP contribution in [0, 0.1) is 6.92 Å². The van der Waals surface area contributed by atoms with Gasteiger partial charge in [0.25, 0.3) is 10.0 Å². The summed E-state index contributed by atoms with van der Waals surface area (Å²) in [7, 11) is 0.0691. The van der Waals surface area contributed by atoms with Crippen LogP contribution in [0.25, 0.3) is 0 Å². The Labute approximate surface area is 172 Å². The molecule has 0 radical (unpaired) electrons. The van der Waals surface area contributed by atoms with Crippen molar-refractivity contribution in [3.63, 3.8) is 0 Å². The summed E-state index contributed by atoms with van der Waals surface area (Å²) in [6, 6.07) is 8.10. The van der Waals surface area contributed by atoms with Crippen LogP contribution in [0.15, 0.2) is 35.2 Å². The Hall–Kier alpha value is -2.74. The molecule has 0 atom stereocenters. The summed E-state index contributed by atoms with van der Waals surface area (Å²) in [5.41, 5.74) is 1.29. The molecule has 29 heavy (non-hydrogen) atoms. The summed E-state index contributed by atoms with van der Waals surface area (Å²) < 4.78 is 44.1. The van der Waals surface area contributed by atoms with Crippen molar-refractivity contribution in [1.29, 1.82) is 0 Å². The van der Waals surface area contributed by atoms with Gasteiger partial charge in [-0.3, -0.25) is 4.72 Å². The number of methoxy groups -OCH3 is 3. The lowest BCUT2D eigenvalue weighted by Crippen LogP contribution is -2.19. The Morgan fingerprint density at radius 2 is 1.55 bits per heavy atom. The molecule has 0 spiro atoms. The van der Waals surface area contributed by atoms with Crippen LogP contribution >= 0.6 is 0 Å². The fourth-order valence-corrected chi connectivity index (χ4v) is 4.14. The third-order valence-electron chi connectivity index (χ3n) is 4.52. The SMILES string of the molecule is COC(=O)c1cc(OC)c(OC)cc1NS(=O)(=O)c1cc(C(C)(C)C)ccc1C. The van der Waals surface area contributed by atoms with Crippen LogP contribution < -0.4 is 14.2 Å². The van der Waals surface area contributed by atoms with E-state index in [-0.39, 0.29) is 33.1 Å². The van der Waals surface area contributed by atoms with Crippen molar-refractivity contribution in [3.8, 4) is 11.5 Å². The Bertz CT molecular complexity index is 1020. The van der Waals surface area contributed by atoms with Gasteiger partial charge in [0.05, 0.1) is 37.5 Å². The number of ether oxygens (including phenoxy) is 3. The van der Waals surface area contributed by atoms with Gasteiger partial charge < -0.3 is 14.2 Å². The maximum Gasteiger partial charge on any atom is 0.340 e. The second kappa shape index (κ2) is 8.32. The summed E-state index contributed by atoms with van der Waals surface area (Å²) >= 11 is 0. The predicted molar refractivity (Wildman–Crippen MR) is 112 cm³/mol. The van der Waals surface area contributed by atoms with Gasteiger partial charge in [0.1, 0.15) is 0 Å². The summed E-state index contributed by atoms with van der Waals surface area (Å²) in [6.07, 6.45) is 0. The first-order valence-electron chi connectivity index (χ1n) is 8.93. The van der Waals surface area contributed by atoms with Gasteiger partial charge in [-0.25, -0.2) is 13.2 Å². The molecule has 0 unspecified atom stereocenters. The molecule has 0 aliphatic rings.